The van der Waals surface area contributed by atoms with Crippen LogP contribution in [-0.2, 0) is 0 Å². The lowest BCUT2D eigenvalue weighted by atomic mass is 11.0. The minimum absolute atomic E-state index is 1.12. The molecule has 0 heterocycles. The summed E-state index contributed by atoms with van der Waals surface area (Å²) in [6.45, 7) is 2.08. The first-order valence-corrected chi connectivity index (χ1v) is 2.44. The van der Waals surface area contributed by atoms with Gasteiger partial charge in [-0.2, -0.15) is 11.8 Å². The van der Waals surface area contributed by atoms with Gasteiger partial charge in [0.05, 0.1) is 0 Å². The number of hydrogen-bond acceptors (Lipinski definition) is 1. The van der Waals surface area contributed by atoms with Crippen molar-refractivity contribution < 1.29 is 0 Å². The normalized spacial score (nSPS) is 7.50. The Hall–Kier alpha value is 0.350. The highest BCUT2D eigenvalue weighted by Gasteiger charge is 1.55. The molecule has 0 amide bonds. The Morgan fingerprint density at radius 3 is 2.25 bits per heavy atom. The zero-order chi connectivity index (χ0) is 3.41. The van der Waals surface area contributed by atoms with E-state index in [-0.39, 0.29) is 0 Å². The largest absolute Gasteiger partial charge is 0.161 e. The van der Waals surface area contributed by atoms with Crippen LogP contribution in [0.5, 0.6) is 0 Å². The molecular weight excluding hydrogens is 68.1 g/mol. The summed E-state index contributed by atoms with van der Waals surface area (Å²) >= 11 is 1.61. The van der Waals surface area contributed by atoms with Crippen LogP contribution < -0.4 is 0 Å². The van der Waals surface area contributed by atoms with Crippen LogP contribution in [0.2, 0.25) is 0 Å². The van der Waals surface area contributed by atoms with Crippen molar-refractivity contribution >= 4 is 11.8 Å². The van der Waals surface area contributed by atoms with Crippen LogP contribution >= 0.6 is 11.8 Å². The SMILES string of the molecule is [CH2]SCC. The van der Waals surface area contributed by atoms with E-state index < -0.39 is 0 Å². The van der Waals surface area contributed by atoms with Gasteiger partial charge in [-0.1, -0.05) is 6.92 Å². The molecule has 0 bridgehead atoms. The van der Waals surface area contributed by atoms with E-state index in [1.807, 2.05) is 0 Å². The topological polar surface area (TPSA) is 0 Å². The van der Waals surface area contributed by atoms with Gasteiger partial charge in [0.15, 0.2) is 0 Å². The fourth-order valence-electron chi connectivity index (χ4n) is 0. The summed E-state index contributed by atoms with van der Waals surface area (Å²) in [7, 11) is 0. The Labute approximate surface area is 31.6 Å². The summed E-state index contributed by atoms with van der Waals surface area (Å²) in [4.78, 5) is 0. The molecular formula is C3H7S. The second-order valence-electron chi connectivity index (χ2n) is 0.493. The fourth-order valence-corrected chi connectivity index (χ4v) is 0. The van der Waals surface area contributed by atoms with Gasteiger partial charge in [0.25, 0.3) is 0 Å². The molecule has 0 saturated carbocycles. The summed E-state index contributed by atoms with van der Waals surface area (Å²) in [5.41, 5.74) is 0. The Morgan fingerprint density at radius 1 is 2.00 bits per heavy atom. The van der Waals surface area contributed by atoms with Gasteiger partial charge in [-0.05, 0) is 5.75 Å². The van der Waals surface area contributed by atoms with Gasteiger partial charge in [-0.15, -0.1) is 0 Å². The van der Waals surface area contributed by atoms with Crippen LogP contribution in [0.3, 0.4) is 0 Å². The van der Waals surface area contributed by atoms with Crippen molar-refractivity contribution in [3.05, 3.63) is 6.26 Å². The maximum Gasteiger partial charge on any atom is 0.00234 e. The number of thioether (sulfide) groups is 1. The third-order valence-corrected chi connectivity index (χ3v) is 0.612. The second kappa shape index (κ2) is 3.35. The molecule has 0 aromatic heterocycles. The van der Waals surface area contributed by atoms with E-state index in [4.69, 9.17) is 0 Å². The first kappa shape index (κ1) is 4.35. The van der Waals surface area contributed by atoms with E-state index in [1.54, 1.807) is 11.8 Å². The minimum Gasteiger partial charge on any atom is -0.161 e. The van der Waals surface area contributed by atoms with E-state index in [0.29, 0.717) is 0 Å². The summed E-state index contributed by atoms with van der Waals surface area (Å²) in [6.07, 6.45) is 3.52. The van der Waals surface area contributed by atoms with Crippen LogP contribution in [0.15, 0.2) is 0 Å². The van der Waals surface area contributed by atoms with Crippen molar-refractivity contribution in [2.45, 2.75) is 6.92 Å². The van der Waals surface area contributed by atoms with E-state index in [0.717, 1.165) is 5.75 Å². The van der Waals surface area contributed by atoms with Crippen LogP contribution in [0.25, 0.3) is 0 Å². The van der Waals surface area contributed by atoms with Gasteiger partial charge in [-0.25, -0.2) is 0 Å². The first-order chi connectivity index (χ1) is 1.91. The molecule has 4 heavy (non-hydrogen) atoms. The average molecular weight is 75.2 g/mol. The molecule has 0 rings (SSSR count). The zero-order valence-electron chi connectivity index (χ0n) is 2.82. The summed E-state index contributed by atoms with van der Waals surface area (Å²) in [5, 5.41) is 0. The van der Waals surface area contributed by atoms with Crippen molar-refractivity contribution in [1.29, 1.82) is 0 Å². The molecule has 0 aliphatic rings. The smallest absolute Gasteiger partial charge is 0.00234 e. The quantitative estimate of drug-likeness (QED) is 0.455. The molecule has 25 valence electrons. The fraction of sp³-hybridized carbons (Fsp3) is 0.667. The van der Waals surface area contributed by atoms with Crippen LogP contribution in [-0.4, -0.2) is 5.75 Å². The van der Waals surface area contributed by atoms with E-state index in [2.05, 4.69) is 13.2 Å². The van der Waals surface area contributed by atoms with Gasteiger partial charge in [0.1, 0.15) is 0 Å². The van der Waals surface area contributed by atoms with Crippen molar-refractivity contribution in [1.82, 2.24) is 0 Å². The molecule has 0 aliphatic heterocycles. The van der Waals surface area contributed by atoms with Gasteiger partial charge < -0.3 is 0 Å². The highest BCUT2D eigenvalue weighted by Crippen LogP contribution is 1.87. The number of rotatable bonds is 1. The predicted molar refractivity (Wildman–Crippen MR) is 23.5 cm³/mol. The molecule has 0 atom stereocenters. The Kier molecular flexibility index (Phi) is 3.64. The lowest BCUT2D eigenvalue weighted by molar-refractivity contribution is 1.54. The molecule has 0 aliphatic carbocycles. The second-order valence-corrected chi connectivity index (χ2v) is 1.48. The molecule has 0 aromatic carbocycles. The molecule has 1 radical (unpaired) electrons. The lowest BCUT2D eigenvalue weighted by Crippen LogP contribution is -1.49. The van der Waals surface area contributed by atoms with Gasteiger partial charge in [0.2, 0.25) is 0 Å². The maximum atomic E-state index is 3.52. The Balaban J connectivity index is 1.97. The third-order valence-electron chi connectivity index (χ3n) is 0.204. The average Bonchev–Trinajstić information content (AvgIpc) is 1.37. The molecule has 0 aromatic rings. The summed E-state index contributed by atoms with van der Waals surface area (Å²) < 4.78 is 0. The summed E-state index contributed by atoms with van der Waals surface area (Å²) in [5.74, 6) is 1.12. The van der Waals surface area contributed by atoms with E-state index >= 15 is 0 Å². The van der Waals surface area contributed by atoms with E-state index in [9.17, 15) is 0 Å². The predicted octanol–water partition coefficient (Wildman–Crippen LogP) is 1.53. The van der Waals surface area contributed by atoms with Crippen LogP contribution in [0.1, 0.15) is 6.92 Å². The third kappa shape index (κ3) is 2.35. The first-order valence-electron chi connectivity index (χ1n) is 1.28. The Bertz CT molecular complexity index is 5.25. The molecule has 0 unspecified atom stereocenters. The molecule has 0 nitrogen and oxygen atoms in total. The monoisotopic (exact) mass is 75.0 g/mol. The minimum atomic E-state index is 1.12. The lowest BCUT2D eigenvalue weighted by Gasteiger charge is -1.69. The van der Waals surface area contributed by atoms with Crippen LogP contribution in [0.4, 0.5) is 0 Å². The van der Waals surface area contributed by atoms with E-state index in [1.165, 1.54) is 0 Å². The van der Waals surface area contributed by atoms with Gasteiger partial charge in [-0.3, -0.25) is 0 Å². The summed E-state index contributed by atoms with van der Waals surface area (Å²) in [6, 6.07) is 0. The molecule has 0 N–H and O–H groups in total. The van der Waals surface area contributed by atoms with Crippen molar-refractivity contribution in [3.8, 4) is 0 Å². The van der Waals surface area contributed by atoms with Crippen molar-refractivity contribution in [2.75, 3.05) is 5.75 Å². The number of hydrogen-bond donors (Lipinski definition) is 0. The Morgan fingerprint density at radius 2 is 2.25 bits per heavy atom. The van der Waals surface area contributed by atoms with Crippen molar-refractivity contribution in [3.63, 3.8) is 0 Å². The highest BCUT2D eigenvalue weighted by molar-refractivity contribution is 8.00. The highest BCUT2D eigenvalue weighted by atomic mass is 32.2. The standard InChI is InChI=1S/C3H7S/c1-3-4-2/h2-3H2,1H3. The molecule has 1 heteroatoms. The molecule has 0 fully saturated rings. The van der Waals surface area contributed by atoms with Crippen LogP contribution in [0, 0.1) is 6.26 Å². The maximum absolute atomic E-state index is 3.52. The van der Waals surface area contributed by atoms with Crippen molar-refractivity contribution in [2.24, 2.45) is 0 Å². The molecule has 0 saturated heterocycles. The van der Waals surface area contributed by atoms with Gasteiger partial charge >= 0.3 is 0 Å². The zero-order valence-corrected chi connectivity index (χ0v) is 3.64. The van der Waals surface area contributed by atoms with Gasteiger partial charge in [0, 0.05) is 6.26 Å². The molecule has 0 spiro atoms.